The van der Waals surface area contributed by atoms with Crippen molar-refractivity contribution in [3.05, 3.63) is 56.5 Å². The monoisotopic (exact) mass is 401 g/mol. The third kappa shape index (κ3) is 4.38. The molecular formula is C16H14BrCl2NO2. The standard InChI is InChI=1S/C16H14BrCl2NO2/c1-9-7-12(4-5-13(9)18)22-10(2)16(21)20-15-6-3-11(17)8-14(15)19/h3-8,10H,1-2H3,(H,20,21). The number of anilines is 1. The van der Waals surface area contributed by atoms with Crippen LogP contribution >= 0.6 is 39.1 Å². The fourth-order valence-corrected chi connectivity index (χ4v) is 2.61. The van der Waals surface area contributed by atoms with Crippen molar-refractivity contribution in [1.82, 2.24) is 0 Å². The number of aryl methyl sites for hydroxylation is 1. The summed E-state index contributed by atoms with van der Waals surface area (Å²) in [5, 5.41) is 3.85. The summed E-state index contributed by atoms with van der Waals surface area (Å²) in [4.78, 5) is 12.2. The van der Waals surface area contributed by atoms with E-state index in [-0.39, 0.29) is 5.91 Å². The molecule has 0 saturated carbocycles. The number of hydrogen-bond donors (Lipinski definition) is 1. The Hall–Kier alpha value is -1.23. The van der Waals surface area contributed by atoms with Gasteiger partial charge in [0.05, 0.1) is 10.7 Å². The summed E-state index contributed by atoms with van der Waals surface area (Å²) in [6.45, 7) is 3.55. The van der Waals surface area contributed by atoms with Crippen molar-refractivity contribution in [3.8, 4) is 5.75 Å². The Labute approximate surface area is 147 Å². The van der Waals surface area contributed by atoms with Crippen LogP contribution in [0.25, 0.3) is 0 Å². The second-order valence-corrected chi connectivity index (χ2v) is 6.51. The van der Waals surface area contributed by atoms with Gasteiger partial charge in [-0.2, -0.15) is 0 Å². The Balaban J connectivity index is 2.04. The number of nitrogens with one attached hydrogen (secondary N) is 1. The molecule has 2 rings (SSSR count). The molecule has 3 nitrogen and oxygen atoms in total. The molecule has 1 unspecified atom stereocenters. The van der Waals surface area contributed by atoms with E-state index in [1.54, 1.807) is 43.3 Å². The van der Waals surface area contributed by atoms with Crippen molar-refractivity contribution < 1.29 is 9.53 Å². The average molecular weight is 403 g/mol. The number of halogens is 3. The summed E-state index contributed by atoms with van der Waals surface area (Å²) in [6.07, 6.45) is -0.666. The molecule has 0 radical (unpaired) electrons. The Bertz CT molecular complexity index is 707. The lowest BCUT2D eigenvalue weighted by molar-refractivity contribution is -0.122. The van der Waals surface area contributed by atoms with Gasteiger partial charge in [0.15, 0.2) is 6.10 Å². The van der Waals surface area contributed by atoms with Crippen LogP contribution in [0.1, 0.15) is 12.5 Å². The van der Waals surface area contributed by atoms with Crippen molar-refractivity contribution in [2.45, 2.75) is 20.0 Å². The van der Waals surface area contributed by atoms with Gasteiger partial charge in [-0.25, -0.2) is 0 Å². The number of hydrogen-bond acceptors (Lipinski definition) is 2. The van der Waals surface area contributed by atoms with Crippen LogP contribution in [0.4, 0.5) is 5.69 Å². The lowest BCUT2D eigenvalue weighted by Gasteiger charge is -2.16. The maximum atomic E-state index is 12.2. The number of benzene rings is 2. The van der Waals surface area contributed by atoms with E-state index in [9.17, 15) is 4.79 Å². The third-order valence-corrected chi connectivity index (χ3v) is 4.23. The second-order valence-electron chi connectivity index (χ2n) is 4.78. The number of amides is 1. The SMILES string of the molecule is Cc1cc(OC(C)C(=O)Nc2ccc(Br)cc2Cl)ccc1Cl. The molecule has 1 atom stereocenters. The fourth-order valence-electron chi connectivity index (χ4n) is 1.77. The molecule has 0 saturated heterocycles. The summed E-state index contributed by atoms with van der Waals surface area (Å²) in [5.41, 5.74) is 1.43. The molecule has 116 valence electrons. The maximum Gasteiger partial charge on any atom is 0.265 e. The van der Waals surface area contributed by atoms with Gasteiger partial charge in [-0.05, 0) is 55.8 Å². The van der Waals surface area contributed by atoms with Gasteiger partial charge in [-0.3, -0.25) is 4.79 Å². The van der Waals surface area contributed by atoms with Gasteiger partial charge in [0, 0.05) is 9.50 Å². The molecule has 6 heteroatoms. The smallest absolute Gasteiger partial charge is 0.265 e. The summed E-state index contributed by atoms with van der Waals surface area (Å²) < 4.78 is 6.47. The van der Waals surface area contributed by atoms with Crippen LogP contribution in [-0.2, 0) is 4.79 Å². The van der Waals surface area contributed by atoms with E-state index in [2.05, 4.69) is 21.2 Å². The highest BCUT2D eigenvalue weighted by molar-refractivity contribution is 9.10. The number of ether oxygens (including phenoxy) is 1. The van der Waals surface area contributed by atoms with Gasteiger partial charge >= 0.3 is 0 Å². The molecule has 0 aromatic heterocycles. The summed E-state index contributed by atoms with van der Waals surface area (Å²) in [5.74, 6) is 0.309. The Morgan fingerprint density at radius 1 is 1.18 bits per heavy atom. The highest BCUT2D eigenvalue weighted by atomic mass is 79.9. The van der Waals surface area contributed by atoms with Crippen LogP contribution in [-0.4, -0.2) is 12.0 Å². The fraction of sp³-hybridized carbons (Fsp3) is 0.188. The summed E-state index contributed by atoms with van der Waals surface area (Å²) >= 11 is 15.4. The van der Waals surface area contributed by atoms with Crippen molar-refractivity contribution in [3.63, 3.8) is 0 Å². The van der Waals surface area contributed by atoms with Gasteiger partial charge < -0.3 is 10.1 Å². The molecule has 1 amide bonds. The number of rotatable bonds is 4. The van der Waals surface area contributed by atoms with Crippen LogP contribution < -0.4 is 10.1 Å². The van der Waals surface area contributed by atoms with Crippen molar-refractivity contribution in [1.29, 1.82) is 0 Å². The zero-order chi connectivity index (χ0) is 16.3. The average Bonchev–Trinajstić information content (AvgIpc) is 2.45. The minimum absolute atomic E-state index is 0.281. The summed E-state index contributed by atoms with van der Waals surface area (Å²) in [7, 11) is 0. The lowest BCUT2D eigenvalue weighted by atomic mass is 10.2. The van der Waals surface area contributed by atoms with Crippen LogP contribution in [0.3, 0.4) is 0 Å². The first-order valence-corrected chi connectivity index (χ1v) is 8.10. The first-order chi connectivity index (χ1) is 10.4. The van der Waals surface area contributed by atoms with Gasteiger partial charge in [0.25, 0.3) is 5.91 Å². The summed E-state index contributed by atoms with van der Waals surface area (Å²) in [6, 6.07) is 10.5. The van der Waals surface area contributed by atoms with E-state index in [0.29, 0.717) is 21.5 Å². The molecule has 2 aromatic carbocycles. The first-order valence-electron chi connectivity index (χ1n) is 6.55. The molecule has 0 aliphatic carbocycles. The highest BCUT2D eigenvalue weighted by Crippen LogP contribution is 2.26. The predicted octanol–water partition coefficient (Wildman–Crippen LogP) is 5.47. The quantitative estimate of drug-likeness (QED) is 0.736. The minimum Gasteiger partial charge on any atom is -0.481 e. The van der Waals surface area contributed by atoms with Gasteiger partial charge in [0.1, 0.15) is 5.75 Å². The normalized spacial score (nSPS) is 11.9. The number of carbonyl (C=O) groups is 1. The topological polar surface area (TPSA) is 38.3 Å². The Kier molecular flexibility index (Phi) is 5.73. The van der Waals surface area contributed by atoms with Crippen molar-refractivity contribution in [2.75, 3.05) is 5.32 Å². The lowest BCUT2D eigenvalue weighted by Crippen LogP contribution is -2.30. The van der Waals surface area contributed by atoms with Crippen molar-refractivity contribution in [2.24, 2.45) is 0 Å². The number of carbonyl (C=O) groups excluding carboxylic acids is 1. The van der Waals surface area contributed by atoms with E-state index in [1.807, 2.05) is 6.92 Å². The molecule has 0 aliphatic rings. The molecular weight excluding hydrogens is 389 g/mol. The van der Waals surface area contributed by atoms with Gasteiger partial charge in [0.2, 0.25) is 0 Å². The molecule has 0 spiro atoms. The predicted molar refractivity (Wildman–Crippen MR) is 94.1 cm³/mol. The van der Waals surface area contributed by atoms with Crippen molar-refractivity contribution >= 4 is 50.7 Å². The van der Waals surface area contributed by atoms with E-state index in [4.69, 9.17) is 27.9 Å². The van der Waals surface area contributed by atoms with Crippen LogP contribution in [0.5, 0.6) is 5.75 Å². The molecule has 0 bridgehead atoms. The Morgan fingerprint density at radius 2 is 1.91 bits per heavy atom. The third-order valence-electron chi connectivity index (χ3n) is 3.00. The maximum absolute atomic E-state index is 12.2. The molecule has 2 aromatic rings. The van der Waals surface area contributed by atoms with Crippen LogP contribution in [0, 0.1) is 6.92 Å². The Morgan fingerprint density at radius 3 is 2.55 bits per heavy atom. The van der Waals surface area contributed by atoms with E-state index in [1.165, 1.54) is 0 Å². The van der Waals surface area contributed by atoms with E-state index < -0.39 is 6.10 Å². The second kappa shape index (κ2) is 7.36. The molecule has 1 N–H and O–H groups in total. The zero-order valence-electron chi connectivity index (χ0n) is 12.0. The molecule has 0 aliphatic heterocycles. The van der Waals surface area contributed by atoms with E-state index in [0.717, 1.165) is 10.0 Å². The largest absolute Gasteiger partial charge is 0.481 e. The first kappa shape index (κ1) is 17.1. The highest BCUT2D eigenvalue weighted by Gasteiger charge is 2.16. The van der Waals surface area contributed by atoms with E-state index >= 15 is 0 Å². The van der Waals surface area contributed by atoms with Gasteiger partial charge in [-0.1, -0.05) is 39.1 Å². The minimum atomic E-state index is -0.666. The molecule has 0 fully saturated rings. The van der Waals surface area contributed by atoms with Gasteiger partial charge in [-0.15, -0.1) is 0 Å². The molecule has 22 heavy (non-hydrogen) atoms. The molecule has 0 heterocycles. The zero-order valence-corrected chi connectivity index (χ0v) is 15.1. The van der Waals surface area contributed by atoms with Crippen LogP contribution in [0.2, 0.25) is 10.0 Å². The van der Waals surface area contributed by atoms with Crippen LogP contribution in [0.15, 0.2) is 40.9 Å².